The molecule has 1 heterocycles. The van der Waals surface area contributed by atoms with E-state index >= 15 is 0 Å². The highest BCUT2D eigenvalue weighted by Crippen LogP contribution is 2.30. The number of nitrogens with one attached hydrogen (secondary N) is 1. The number of anilines is 1. The van der Waals surface area contributed by atoms with Crippen molar-refractivity contribution in [2.24, 2.45) is 0 Å². The number of hydrogen-bond acceptors (Lipinski definition) is 4. The number of nitriles is 1. The van der Waals surface area contributed by atoms with Gasteiger partial charge in [-0.25, -0.2) is 9.37 Å². The second-order valence-electron chi connectivity index (χ2n) is 3.80. The zero-order chi connectivity index (χ0) is 13.8. The van der Waals surface area contributed by atoms with Gasteiger partial charge in [-0.15, -0.1) is 0 Å². The van der Waals surface area contributed by atoms with Crippen molar-refractivity contribution in [2.75, 3.05) is 19.5 Å². The van der Waals surface area contributed by atoms with Gasteiger partial charge in [0.15, 0.2) is 0 Å². The average molecular weight is 257 g/mol. The van der Waals surface area contributed by atoms with Gasteiger partial charge in [0.2, 0.25) is 0 Å². The first-order chi connectivity index (χ1) is 9.19. The molecule has 1 N–H and O–H groups in total. The molecule has 0 bridgehead atoms. The van der Waals surface area contributed by atoms with Crippen LogP contribution in [-0.4, -0.2) is 19.1 Å². The fourth-order valence-electron chi connectivity index (χ4n) is 1.77. The first-order valence-corrected chi connectivity index (χ1v) is 5.62. The third-order valence-corrected chi connectivity index (χ3v) is 2.69. The van der Waals surface area contributed by atoms with E-state index in [2.05, 4.69) is 10.3 Å². The summed E-state index contributed by atoms with van der Waals surface area (Å²) in [6, 6.07) is 9.56. The Morgan fingerprint density at radius 3 is 2.74 bits per heavy atom. The van der Waals surface area contributed by atoms with Gasteiger partial charge in [0.1, 0.15) is 23.5 Å². The third-order valence-electron chi connectivity index (χ3n) is 2.69. The molecule has 0 spiro atoms. The van der Waals surface area contributed by atoms with Crippen LogP contribution in [0.4, 0.5) is 10.2 Å². The van der Waals surface area contributed by atoms with Gasteiger partial charge in [0, 0.05) is 12.6 Å². The summed E-state index contributed by atoms with van der Waals surface area (Å²) in [4.78, 5) is 4.30. The highest BCUT2D eigenvalue weighted by Gasteiger charge is 2.11. The summed E-state index contributed by atoms with van der Waals surface area (Å²) in [6.07, 6.45) is 0. The summed E-state index contributed by atoms with van der Waals surface area (Å²) >= 11 is 0. The van der Waals surface area contributed by atoms with E-state index in [0.717, 1.165) is 0 Å². The van der Waals surface area contributed by atoms with Gasteiger partial charge in [0.25, 0.3) is 0 Å². The number of nitrogens with zero attached hydrogens (tertiary/aromatic N) is 2. The molecule has 96 valence electrons. The first-order valence-electron chi connectivity index (χ1n) is 5.62. The Kier molecular flexibility index (Phi) is 3.62. The third kappa shape index (κ3) is 2.47. The van der Waals surface area contributed by atoms with Gasteiger partial charge in [-0.2, -0.15) is 5.26 Å². The molecule has 0 aliphatic carbocycles. The lowest BCUT2D eigenvalue weighted by atomic mass is 10.1. The molecule has 2 rings (SSSR count). The molecule has 5 heteroatoms. The molecule has 0 amide bonds. The Morgan fingerprint density at radius 2 is 2.11 bits per heavy atom. The first kappa shape index (κ1) is 12.8. The smallest absolute Gasteiger partial charge is 0.144 e. The van der Waals surface area contributed by atoms with Crippen molar-refractivity contribution in [2.45, 2.75) is 0 Å². The van der Waals surface area contributed by atoms with E-state index in [1.54, 1.807) is 25.2 Å². The zero-order valence-corrected chi connectivity index (χ0v) is 10.6. The molecule has 0 fully saturated rings. The Hall–Kier alpha value is -2.61. The van der Waals surface area contributed by atoms with Crippen LogP contribution in [-0.2, 0) is 0 Å². The molecule has 0 unspecified atom stereocenters. The number of rotatable bonds is 3. The van der Waals surface area contributed by atoms with Gasteiger partial charge in [0.05, 0.1) is 18.4 Å². The lowest BCUT2D eigenvalue weighted by Crippen LogP contribution is -1.98. The van der Waals surface area contributed by atoms with E-state index < -0.39 is 0 Å². The zero-order valence-electron chi connectivity index (χ0n) is 10.6. The van der Waals surface area contributed by atoms with Crippen LogP contribution in [0.5, 0.6) is 5.75 Å². The Bertz CT molecular complexity index is 650. The molecule has 1 aromatic carbocycles. The minimum Gasteiger partial charge on any atom is -0.496 e. The van der Waals surface area contributed by atoms with Crippen LogP contribution >= 0.6 is 0 Å². The summed E-state index contributed by atoms with van der Waals surface area (Å²) in [7, 11) is 3.19. The number of hydrogen-bond donors (Lipinski definition) is 1. The largest absolute Gasteiger partial charge is 0.496 e. The van der Waals surface area contributed by atoms with Gasteiger partial charge < -0.3 is 10.1 Å². The molecule has 4 nitrogen and oxygen atoms in total. The maximum atomic E-state index is 13.3. The van der Waals surface area contributed by atoms with Crippen molar-refractivity contribution in [3.63, 3.8) is 0 Å². The van der Waals surface area contributed by atoms with E-state index in [1.807, 2.05) is 6.07 Å². The monoisotopic (exact) mass is 257 g/mol. The van der Waals surface area contributed by atoms with Gasteiger partial charge in [-0.3, -0.25) is 0 Å². The average Bonchev–Trinajstić information content (AvgIpc) is 2.46. The molecular weight excluding hydrogens is 245 g/mol. The van der Waals surface area contributed by atoms with Gasteiger partial charge in [-0.05, 0) is 30.3 Å². The minimum atomic E-state index is -0.368. The van der Waals surface area contributed by atoms with Crippen LogP contribution in [0, 0.1) is 17.1 Å². The number of ether oxygens (including phenoxy) is 1. The summed E-state index contributed by atoms with van der Waals surface area (Å²) < 4.78 is 18.5. The predicted octanol–water partition coefficient (Wildman–Crippen LogP) is 2.81. The number of benzene rings is 1. The Labute approximate surface area is 110 Å². The van der Waals surface area contributed by atoms with Crippen molar-refractivity contribution in [1.29, 1.82) is 5.26 Å². The molecular formula is C14H12FN3O. The van der Waals surface area contributed by atoms with Crippen LogP contribution in [0.1, 0.15) is 5.56 Å². The normalized spacial score (nSPS) is 9.79. The maximum Gasteiger partial charge on any atom is 0.144 e. The van der Waals surface area contributed by atoms with Crippen molar-refractivity contribution in [1.82, 2.24) is 4.98 Å². The fraction of sp³-hybridized carbons (Fsp3) is 0.143. The molecule has 1 aromatic heterocycles. The fourth-order valence-corrected chi connectivity index (χ4v) is 1.77. The quantitative estimate of drug-likeness (QED) is 0.918. The second kappa shape index (κ2) is 5.36. The summed E-state index contributed by atoms with van der Waals surface area (Å²) in [5.41, 5.74) is 1.52. The molecule has 0 saturated heterocycles. The summed E-state index contributed by atoms with van der Waals surface area (Å²) in [5, 5.41) is 11.8. The number of pyridine rings is 1. The van der Waals surface area contributed by atoms with Crippen LogP contribution < -0.4 is 10.1 Å². The molecule has 0 aliphatic heterocycles. The standard InChI is InChI=1S/C14H12FN3O/c1-17-14-9(8-16)3-5-12(18-14)11-7-10(15)4-6-13(11)19-2/h3-7H,1-2H3,(H,17,18). The van der Waals surface area contributed by atoms with Crippen LogP contribution in [0.25, 0.3) is 11.3 Å². The highest BCUT2D eigenvalue weighted by atomic mass is 19.1. The molecule has 0 aliphatic rings. The van der Waals surface area contributed by atoms with E-state index in [4.69, 9.17) is 10.00 Å². The van der Waals surface area contributed by atoms with Gasteiger partial charge in [-0.1, -0.05) is 0 Å². The van der Waals surface area contributed by atoms with Gasteiger partial charge >= 0.3 is 0 Å². The van der Waals surface area contributed by atoms with Crippen molar-refractivity contribution < 1.29 is 9.13 Å². The molecule has 0 radical (unpaired) electrons. The van der Waals surface area contributed by atoms with E-state index in [0.29, 0.717) is 28.4 Å². The lowest BCUT2D eigenvalue weighted by molar-refractivity contribution is 0.415. The molecule has 19 heavy (non-hydrogen) atoms. The molecule has 0 atom stereocenters. The SMILES string of the molecule is CNc1nc(-c2cc(F)ccc2OC)ccc1C#N. The Balaban J connectivity index is 2.59. The predicted molar refractivity (Wildman–Crippen MR) is 70.4 cm³/mol. The van der Waals surface area contributed by atoms with E-state index in [1.165, 1.54) is 19.2 Å². The highest BCUT2D eigenvalue weighted by molar-refractivity contribution is 5.70. The van der Waals surface area contributed by atoms with Crippen molar-refractivity contribution >= 4 is 5.82 Å². The molecule has 0 saturated carbocycles. The topological polar surface area (TPSA) is 57.9 Å². The second-order valence-corrected chi connectivity index (χ2v) is 3.80. The van der Waals surface area contributed by atoms with Crippen LogP contribution in [0.2, 0.25) is 0 Å². The number of halogens is 1. The van der Waals surface area contributed by atoms with Crippen molar-refractivity contribution in [3.8, 4) is 23.1 Å². The number of methoxy groups -OCH3 is 1. The van der Waals surface area contributed by atoms with Crippen LogP contribution in [0.15, 0.2) is 30.3 Å². The van der Waals surface area contributed by atoms with Crippen molar-refractivity contribution in [3.05, 3.63) is 41.7 Å². The van der Waals surface area contributed by atoms with E-state index in [-0.39, 0.29) is 5.82 Å². The van der Waals surface area contributed by atoms with E-state index in [9.17, 15) is 4.39 Å². The summed E-state index contributed by atoms with van der Waals surface area (Å²) in [6.45, 7) is 0. The number of aromatic nitrogens is 1. The molecule has 2 aromatic rings. The Morgan fingerprint density at radius 1 is 1.32 bits per heavy atom. The minimum absolute atomic E-state index is 0.368. The summed E-state index contributed by atoms with van der Waals surface area (Å²) in [5.74, 6) is 0.611. The lowest BCUT2D eigenvalue weighted by Gasteiger charge is -2.10. The van der Waals surface area contributed by atoms with Crippen LogP contribution in [0.3, 0.4) is 0 Å². The maximum absolute atomic E-state index is 13.3.